The second-order valence-corrected chi connectivity index (χ2v) is 8.94. The number of amides is 1. The van der Waals surface area contributed by atoms with E-state index in [2.05, 4.69) is 5.32 Å². The van der Waals surface area contributed by atoms with Crippen LogP contribution in [0.3, 0.4) is 0 Å². The summed E-state index contributed by atoms with van der Waals surface area (Å²) in [6, 6.07) is 10.0. The van der Waals surface area contributed by atoms with Crippen LogP contribution in [-0.4, -0.2) is 28.3 Å². The molecule has 6 nitrogen and oxygen atoms in total. The predicted molar refractivity (Wildman–Crippen MR) is 114 cm³/mol. The summed E-state index contributed by atoms with van der Waals surface area (Å²) in [5, 5.41) is 7.95. The van der Waals surface area contributed by atoms with E-state index in [0.29, 0.717) is 6.61 Å². The van der Waals surface area contributed by atoms with E-state index in [-0.39, 0.29) is 29.5 Å². The largest absolute Gasteiger partial charge is 0.492 e. The number of carbonyl (C=O) groups is 1. The van der Waals surface area contributed by atoms with Gasteiger partial charge >= 0.3 is 0 Å². The zero-order chi connectivity index (χ0) is 20.5. The molecule has 1 aromatic carbocycles. The second kappa shape index (κ2) is 8.25. The van der Waals surface area contributed by atoms with Crippen molar-refractivity contribution in [2.45, 2.75) is 69.9 Å². The number of para-hydroxylation sites is 1. The fourth-order valence-corrected chi connectivity index (χ4v) is 5.12. The minimum Gasteiger partial charge on any atom is -0.492 e. The average Bonchev–Trinajstić information content (AvgIpc) is 2.79. The van der Waals surface area contributed by atoms with E-state index in [1.165, 1.54) is 0 Å². The lowest BCUT2D eigenvalue weighted by atomic mass is 9.89. The van der Waals surface area contributed by atoms with Gasteiger partial charge in [-0.1, -0.05) is 18.2 Å². The zero-order valence-corrected chi connectivity index (χ0v) is 17.3. The minimum absolute atomic E-state index is 0.0288. The van der Waals surface area contributed by atoms with Gasteiger partial charge in [0.2, 0.25) is 5.91 Å². The number of benzene rings is 1. The Labute approximate surface area is 176 Å². The molecular formula is C24H29N3O3. The highest BCUT2D eigenvalue weighted by Gasteiger charge is 2.30. The van der Waals surface area contributed by atoms with Crippen molar-refractivity contribution >= 4 is 5.91 Å². The van der Waals surface area contributed by atoms with Crippen molar-refractivity contribution in [2.24, 2.45) is 5.92 Å². The fourth-order valence-electron chi connectivity index (χ4n) is 5.12. The maximum Gasteiger partial charge on any atom is 0.267 e. The van der Waals surface area contributed by atoms with E-state index in [1.54, 1.807) is 10.7 Å². The number of aryl methyl sites for hydroxylation is 2. The molecule has 2 heterocycles. The molecular weight excluding hydrogens is 378 g/mol. The Morgan fingerprint density at radius 3 is 2.73 bits per heavy atom. The summed E-state index contributed by atoms with van der Waals surface area (Å²) >= 11 is 0. The van der Waals surface area contributed by atoms with Gasteiger partial charge in [0.1, 0.15) is 12.4 Å². The number of nitrogens with one attached hydrogen (secondary N) is 1. The van der Waals surface area contributed by atoms with E-state index < -0.39 is 0 Å². The summed E-state index contributed by atoms with van der Waals surface area (Å²) in [7, 11) is 0. The molecule has 1 aliphatic heterocycles. The van der Waals surface area contributed by atoms with Gasteiger partial charge < -0.3 is 10.1 Å². The number of aromatic nitrogens is 2. The van der Waals surface area contributed by atoms with Crippen LogP contribution in [0, 0.1) is 5.92 Å². The quantitative estimate of drug-likeness (QED) is 0.849. The standard InChI is InChI=1S/C24H29N3O3/c28-23-14-16-5-1-3-7-21(16)26-27(23)20-11-9-19(10-12-20)25-24(29)18-13-17-6-2-4-8-22(17)30-15-18/h2,4,6,8,14,18-20H,1,3,5,7,9-13,15H2,(H,25,29). The number of nitrogens with zero attached hydrogens (tertiary/aromatic N) is 2. The molecule has 6 heteroatoms. The Morgan fingerprint density at radius 2 is 1.87 bits per heavy atom. The Kier molecular flexibility index (Phi) is 5.32. The van der Waals surface area contributed by atoms with Crippen LogP contribution in [0.25, 0.3) is 0 Å². The number of carbonyl (C=O) groups excluding carboxylic acids is 1. The Hall–Kier alpha value is -2.63. The lowest BCUT2D eigenvalue weighted by molar-refractivity contribution is -0.127. The van der Waals surface area contributed by atoms with Gasteiger partial charge in [0.15, 0.2) is 0 Å². The summed E-state index contributed by atoms with van der Waals surface area (Å²) in [6.07, 6.45) is 8.51. The molecule has 1 amide bonds. The van der Waals surface area contributed by atoms with E-state index in [4.69, 9.17) is 9.84 Å². The molecule has 1 saturated carbocycles. The normalized spacial score (nSPS) is 25.5. The summed E-state index contributed by atoms with van der Waals surface area (Å²) < 4.78 is 7.49. The average molecular weight is 408 g/mol. The zero-order valence-electron chi connectivity index (χ0n) is 17.3. The summed E-state index contributed by atoms with van der Waals surface area (Å²) in [6.45, 7) is 0.437. The molecule has 30 heavy (non-hydrogen) atoms. The van der Waals surface area contributed by atoms with Gasteiger partial charge in [-0.2, -0.15) is 5.10 Å². The Morgan fingerprint density at radius 1 is 1.07 bits per heavy atom. The van der Waals surface area contributed by atoms with Crippen molar-refractivity contribution in [2.75, 3.05) is 6.61 Å². The number of rotatable bonds is 3. The lowest BCUT2D eigenvalue weighted by Gasteiger charge is -2.32. The van der Waals surface area contributed by atoms with E-state index in [1.807, 2.05) is 24.3 Å². The van der Waals surface area contributed by atoms with Crippen molar-refractivity contribution in [3.8, 4) is 5.75 Å². The third kappa shape index (κ3) is 3.87. The topological polar surface area (TPSA) is 73.2 Å². The highest BCUT2D eigenvalue weighted by atomic mass is 16.5. The maximum atomic E-state index is 12.8. The van der Waals surface area contributed by atoms with Crippen LogP contribution in [-0.2, 0) is 24.1 Å². The van der Waals surface area contributed by atoms with Crippen LogP contribution in [0.15, 0.2) is 35.1 Å². The third-order valence-electron chi connectivity index (χ3n) is 6.87. The molecule has 5 rings (SSSR count). The van der Waals surface area contributed by atoms with Crippen molar-refractivity contribution in [3.63, 3.8) is 0 Å². The Balaban J connectivity index is 1.18. The van der Waals surface area contributed by atoms with Gasteiger partial charge in [0.05, 0.1) is 17.7 Å². The van der Waals surface area contributed by atoms with Crippen LogP contribution in [0.1, 0.15) is 61.4 Å². The molecule has 0 bridgehead atoms. The number of hydrogen-bond donors (Lipinski definition) is 1. The maximum absolute atomic E-state index is 12.8. The van der Waals surface area contributed by atoms with Crippen LogP contribution < -0.4 is 15.6 Å². The van der Waals surface area contributed by atoms with Gasteiger partial charge in [-0.05, 0) is 75.0 Å². The van der Waals surface area contributed by atoms with Crippen LogP contribution >= 0.6 is 0 Å². The molecule has 1 unspecified atom stereocenters. The molecule has 1 aromatic heterocycles. The first-order valence-electron chi connectivity index (χ1n) is 11.3. The van der Waals surface area contributed by atoms with Gasteiger partial charge in [-0.3, -0.25) is 9.59 Å². The second-order valence-electron chi connectivity index (χ2n) is 8.94. The summed E-state index contributed by atoms with van der Waals surface area (Å²) in [5.41, 5.74) is 3.38. The van der Waals surface area contributed by atoms with Crippen molar-refractivity contribution in [1.82, 2.24) is 15.1 Å². The van der Waals surface area contributed by atoms with Crippen LogP contribution in [0.5, 0.6) is 5.75 Å². The van der Waals surface area contributed by atoms with Gasteiger partial charge in [-0.25, -0.2) is 4.68 Å². The van der Waals surface area contributed by atoms with Crippen molar-refractivity contribution in [1.29, 1.82) is 0 Å². The smallest absolute Gasteiger partial charge is 0.267 e. The minimum atomic E-state index is -0.137. The predicted octanol–water partition coefficient (Wildman–Crippen LogP) is 2.97. The van der Waals surface area contributed by atoms with Crippen molar-refractivity contribution < 1.29 is 9.53 Å². The molecule has 1 N–H and O–H groups in total. The first-order valence-corrected chi connectivity index (χ1v) is 11.3. The molecule has 158 valence electrons. The van der Waals surface area contributed by atoms with Gasteiger partial charge in [0.25, 0.3) is 5.56 Å². The SMILES string of the molecule is O=C(NC1CCC(n2nc3c(cc2=O)CCCC3)CC1)C1COc2ccccc2C1. The number of hydrogen-bond acceptors (Lipinski definition) is 4. The molecule has 1 atom stereocenters. The van der Waals surface area contributed by atoms with Gasteiger partial charge in [-0.15, -0.1) is 0 Å². The van der Waals surface area contributed by atoms with Gasteiger partial charge in [0, 0.05) is 12.1 Å². The first kappa shape index (κ1) is 19.3. The lowest BCUT2D eigenvalue weighted by Crippen LogP contribution is -2.44. The summed E-state index contributed by atoms with van der Waals surface area (Å²) in [5.74, 6) is 0.838. The molecule has 2 aromatic rings. The van der Waals surface area contributed by atoms with E-state index in [0.717, 1.165) is 80.4 Å². The Bertz CT molecular complexity index is 991. The molecule has 0 spiro atoms. The van der Waals surface area contributed by atoms with Crippen LogP contribution in [0.2, 0.25) is 0 Å². The fraction of sp³-hybridized carbons (Fsp3) is 0.542. The molecule has 0 saturated heterocycles. The first-order chi connectivity index (χ1) is 14.7. The van der Waals surface area contributed by atoms with Crippen LogP contribution in [0.4, 0.5) is 0 Å². The highest BCUT2D eigenvalue weighted by molar-refractivity contribution is 5.80. The third-order valence-corrected chi connectivity index (χ3v) is 6.87. The molecule has 0 radical (unpaired) electrons. The number of fused-ring (bicyclic) bond motifs is 2. The van der Waals surface area contributed by atoms with Crippen molar-refractivity contribution in [3.05, 3.63) is 57.5 Å². The monoisotopic (exact) mass is 407 g/mol. The number of ether oxygens (including phenoxy) is 1. The summed E-state index contributed by atoms with van der Waals surface area (Å²) in [4.78, 5) is 25.4. The highest BCUT2D eigenvalue weighted by Crippen LogP contribution is 2.30. The molecule has 1 fully saturated rings. The molecule has 2 aliphatic carbocycles. The molecule has 3 aliphatic rings. The van der Waals surface area contributed by atoms with E-state index in [9.17, 15) is 9.59 Å². The van der Waals surface area contributed by atoms with E-state index >= 15 is 0 Å².